The third-order valence-electron chi connectivity index (χ3n) is 3.31. The summed E-state index contributed by atoms with van der Waals surface area (Å²) in [6.07, 6.45) is 1.87. The number of carbonyl (C=O) groups is 2. The van der Waals surface area contributed by atoms with Crippen molar-refractivity contribution < 1.29 is 14.7 Å². The Kier molecular flexibility index (Phi) is 6.81. The van der Waals surface area contributed by atoms with Crippen LogP contribution >= 0.6 is 0 Å². The minimum absolute atomic E-state index is 0.124. The SMILES string of the molecule is CC(C)N(C)CCCCNC(=O)c1cccc(C(=O)O)n1. The molecule has 1 rings (SSSR count). The maximum atomic E-state index is 11.8. The molecule has 21 heavy (non-hydrogen) atoms. The summed E-state index contributed by atoms with van der Waals surface area (Å²) in [4.78, 5) is 28.7. The number of hydrogen-bond donors (Lipinski definition) is 2. The number of unbranched alkanes of at least 4 members (excludes halogenated alkanes) is 1. The minimum atomic E-state index is -1.14. The molecule has 1 heterocycles. The van der Waals surface area contributed by atoms with Crippen LogP contribution in [0.15, 0.2) is 18.2 Å². The normalized spacial score (nSPS) is 10.9. The van der Waals surface area contributed by atoms with Crippen molar-refractivity contribution in [1.82, 2.24) is 15.2 Å². The molecule has 1 aromatic heterocycles. The topological polar surface area (TPSA) is 82.5 Å². The van der Waals surface area contributed by atoms with Crippen LogP contribution in [-0.2, 0) is 0 Å². The van der Waals surface area contributed by atoms with Crippen LogP contribution in [-0.4, -0.2) is 53.0 Å². The molecule has 0 radical (unpaired) electrons. The van der Waals surface area contributed by atoms with Gasteiger partial charge in [0, 0.05) is 12.6 Å². The highest BCUT2D eigenvalue weighted by Gasteiger charge is 2.10. The van der Waals surface area contributed by atoms with Crippen LogP contribution in [0.25, 0.3) is 0 Å². The Morgan fingerprint density at radius 1 is 1.29 bits per heavy atom. The van der Waals surface area contributed by atoms with E-state index in [1.165, 1.54) is 18.2 Å². The number of carbonyl (C=O) groups excluding carboxylic acids is 1. The van der Waals surface area contributed by atoms with Gasteiger partial charge in [0.2, 0.25) is 0 Å². The lowest BCUT2D eigenvalue weighted by molar-refractivity contribution is 0.0690. The number of carboxylic acid groups (broad SMARTS) is 1. The predicted octanol–water partition coefficient (Wildman–Crippen LogP) is 1.63. The van der Waals surface area contributed by atoms with Crippen LogP contribution in [0.3, 0.4) is 0 Å². The molecule has 0 atom stereocenters. The van der Waals surface area contributed by atoms with Gasteiger partial charge in [0.05, 0.1) is 0 Å². The number of carboxylic acids is 1. The van der Waals surface area contributed by atoms with E-state index in [1.54, 1.807) is 0 Å². The molecule has 0 saturated heterocycles. The Morgan fingerprint density at radius 2 is 1.95 bits per heavy atom. The third kappa shape index (κ3) is 5.91. The van der Waals surface area contributed by atoms with Crippen LogP contribution < -0.4 is 5.32 Å². The number of aromatic nitrogens is 1. The summed E-state index contributed by atoms with van der Waals surface area (Å²) in [7, 11) is 2.07. The van der Waals surface area contributed by atoms with Crippen LogP contribution in [0.5, 0.6) is 0 Å². The van der Waals surface area contributed by atoms with Gasteiger partial charge < -0.3 is 15.3 Å². The standard InChI is InChI=1S/C15H23N3O3/c1-11(2)18(3)10-5-4-9-16-14(19)12-7-6-8-13(17-12)15(20)21/h6-8,11H,4-5,9-10H2,1-3H3,(H,16,19)(H,20,21). The number of hydrogen-bond acceptors (Lipinski definition) is 4. The van der Waals surface area contributed by atoms with Gasteiger partial charge in [-0.1, -0.05) is 6.07 Å². The van der Waals surface area contributed by atoms with E-state index >= 15 is 0 Å². The molecular weight excluding hydrogens is 270 g/mol. The number of pyridine rings is 1. The van der Waals surface area contributed by atoms with E-state index in [0.717, 1.165) is 19.4 Å². The molecule has 0 spiro atoms. The van der Waals surface area contributed by atoms with Gasteiger partial charge in [-0.2, -0.15) is 0 Å². The molecule has 0 aromatic carbocycles. The molecular formula is C15H23N3O3. The zero-order valence-corrected chi connectivity index (χ0v) is 12.8. The van der Waals surface area contributed by atoms with Gasteiger partial charge in [-0.3, -0.25) is 4.79 Å². The maximum absolute atomic E-state index is 11.8. The van der Waals surface area contributed by atoms with Crippen molar-refractivity contribution >= 4 is 11.9 Å². The lowest BCUT2D eigenvalue weighted by Gasteiger charge is -2.20. The molecule has 116 valence electrons. The lowest BCUT2D eigenvalue weighted by atomic mass is 10.2. The molecule has 0 bridgehead atoms. The second-order valence-electron chi connectivity index (χ2n) is 5.25. The molecule has 0 saturated carbocycles. The van der Waals surface area contributed by atoms with Crippen LogP contribution in [0.4, 0.5) is 0 Å². The summed E-state index contributed by atoms with van der Waals surface area (Å²) in [5, 5.41) is 11.6. The predicted molar refractivity (Wildman–Crippen MR) is 80.5 cm³/mol. The first-order valence-electron chi connectivity index (χ1n) is 7.10. The fourth-order valence-electron chi connectivity index (χ4n) is 1.72. The largest absolute Gasteiger partial charge is 0.477 e. The monoisotopic (exact) mass is 293 g/mol. The molecule has 2 N–H and O–H groups in total. The van der Waals surface area contributed by atoms with E-state index in [4.69, 9.17) is 5.11 Å². The van der Waals surface area contributed by atoms with Gasteiger partial charge in [0.1, 0.15) is 11.4 Å². The molecule has 0 unspecified atom stereocenters. The highest BCUT2D eigenvalue weighted by molar-refractivity contribution is 5.94. The molecule has 6 nitrogen and oxygen atoms in total. The van der Waals surface area contributed by atoms with Crippen LogP contribution in [0.1, 0.15) is 47.7 Å². The Morgan fingerprint density at radius 3 is 2.57 bits per heavy atom. The van der Waals surface area contributed by atoms with E-state index in [0.29, 0.717) is 12.6 Å². The van der Waals surface area contributed by atoms with Gasteiger partial charge in [-0.05, 0) is 52.4 Å². The second-order valence-corrected chi connectivity index (χ2v) is 5.25. The Labute approximate surface area is 125 Å². The van der Waals surface area contributed by atoms with Crippen LogP contribution in [0.2, 0.25) is 0 Å². The minimum Gasteiger partial charge on any atom is -0.477 e. The number of amides is 1. The first-order valence-corrected chi connectivity index (χ1v) is 7.10. The lowest BCUT2D eigenvalue weighted by Crippen LogP contribution is -2.29. The van der Waals surface area contributed by atoms with Gasteiger partial charge in [0.15, 0.2) is 0 Å². The average molecular weight is 293 g/mol. The number of nitrogens with zero attached hydrogens (tertiary/aromatic N) is 2. The molecule has 1 amide bonds. The van der Waals surface area contributed by atoms with Gasteiger partial charge in [-0.25, -0.2) is 9.78 Å². The summed E-state index contributed by atoms with van der Waals surface area (Å²) in [6.45, 7) is 5.83. The Bertz CT molecular complexity index is 489. The summed E-state index contributed by atoms with van der Waals surface area (Å²) in [6, 6.07) is 4.90. The fourth-order valence-corrected chi connectivity index (χ4v) is 1.72. The van der Waals surface area contributed by atoms with E-state index in [2.05, 4.69) is 36.1 Å². The van der Waals surface area contributed by atoms with Gasteiger partial charge >= 0.3 is 5.97 Å². The Balaban J connectivity index is 2.34. The van der Waals surface area contributed by atoms with Crippen molar-refractivity contribution in [1.29, 1.82) is 0 Å². The average Bonchev–Trinajstić information content (AvgIpc) is 2.46. The molecule has 0 aliphatic heterocycles. The van der Waals surface area contributed by atoms with Gasteiger partial charge in [0.25, 0.3) is 5.91 Å². The van der Waals surface area contributed by atoms with E-state index in [-0.39, 0.29) is 17.3 Å². The quantitative estimate of drug-likeness (QED) is 0.712. The highest BCUT2D eigenvalue weighted by Crippen LogP contribution is 2.01. The summed E-state index contributed by atoms with van der Waals surface area (Å²) >= 11 is 0. The second kappa shape index (κ2) is 8.36. The van der Waals surface area contributed by atoms with Crippen molar-refractivity contribution in [3.8, 4) is 0 Å². The zero-order valence-electron chi connectivity index (χ0n) is 12.8. The van der Waals surface area contributed by atoms with Crippen molar-refractivity contribution in [2.45, 2.75) is 32.7 Å². The van der Waals surface area contributed by atoms with Crippen molar-refractivity contribution in [3.63, 3.8) is 0 Å². The smallest absolute Gasteiger partial charge is 0.354 e. The first kappa shape index (κ1) is 17.1. The Hall–Kier alpha value is -1.95. The molecule has 1 aromatic rings. The van der Waals surface area contributed by atoms with Crippen molar-refractivity contribution in [2.75, 3.05) is 20.1 Å². The summed E-state index contributed by atoms with van der Waals surface area (Å²) < 4.78 is 0. The molecule has 0 aliphatic carbocycles. The molecule has 6 heteroatoms. The summed E-state index contributed by atoms with van der Waals surface area (Å²) in [5.74, 6) is -1.48. The van der Waals surface area contributed by atoms with E-state index in [9.17, 15) is 9.59 Å². The highest BCUT2D eigenvalue weighted by atomic mass is 16.4. The summed E-state index contributed by atoms with van der Waals surface area (Å²) in [5.41, 5.74) is 0.00964. The first-order chi connectivity index (χ1) is 9.91. The zero-order chi connectivity index (χ0) is 15.8. The number of rotatable bonds is 8. The van der Waals surface area contributed by atoms with Gasteiger partial charge in [-0.15, -0.1) is 0 Å². The van der Waals surface area contributed by atoms with E-state index in [1.807, 2.05) is 0 Å². The maximum Gasteiger partial charge on any atom is 0.354 e. The number of nitrogens with one attached hydrogen (secondary N) is 1. The molecule has 0 fully saturated rings. The van der Waals surface area contributed by atoms with Crippen molar-refractivity contribution in [2.24, 2.45) is 0 Å². The number of aromatic carboxylic acids is 1. The van der Waals surface area contributed by atoms with Crippen LogP contribution in [0, 0.1) is 0 Å². The fraction of sp³-hybridized carbons (Fsp3) is 0.533. The molecule has 0 aliphatic rings. The van der Waals surface area contributed by atoms with E-state index < -0.39 is 5.97 Å². The third-order valence-corrected chi connectivity index (χ3v) is 3.31. The van der Waals surface area contributed by atoms with Crippen molar-refractivity contribution in [3.05, 3.63) is 29.6 Å².